The average molecular weight is 347 g/mol. The Balaban J connectivity index is 2.29. The molecule has 1 atom stereocenters. The third-order valence-corrected chi connectivity index (χ3v) is 3.85. The number of aryl methyl sites for hydroxylation is 1. The number of aromatic nitrogens is 2. The SMILES string of the molecule is CC(C)C(NC(=O)c1nn(CCCC(=O)O)c2ccccc12)C(=O)O. The lowest BCUT2D eigenvalue weighted by Gasteiger charge is -2.17. The lowest BCUT2D eigenvalue weighted by molar-refractivity contribution is -0.140. The van der Waals surface area contributed by atoms with E-state index in [-0.39, 0.29) is 18.0 Å². The minimum Gasteiger partial charge on any atom is -0.481 e. The first-order valence-electron chi connectivity index (χ1n) is 8.02. The molecule has 0 saturated heterocycles. The minimum atomic E-state index is -1.10. The zero-order valence-corrected chi connectivity index (χ0v) is 14.1. The zero-order valence-electron chi connectivity index (χ0n) is 14.1. The standard InChI is InChI=1S/C17H21N3O5/c1-10(2)14(17(24)25)18-16(23)15-11-6-3-4-7-12(11)20(19-15)9-5-8-13(21)22/h3-4,6-7,10,14H,5,8-9H2,1-2H3,(H,18,23)(H,21,22)(H,24,25). The molecule has 8 heteroatoms. The van der Waals surface area contributed by atoms with E-state index in [1.54, 1.807) is 42.8 Å². The number of nitrogens with zero attached hydrogens (tertiary/aromatic N) is 2. The van der Waals surface area contributed by atoms with Gasteiger partial charge in [-0.2, -0.15) is 5.10 Å². The van der Waals surface area contributed by atoms with Gasteiger partial charge in [0.05, 0.1) is 5.52 Å². The fourth-order valence-corrected chi connectivity index (χ4v) is 2.57. The maximum Gasteiger partial charge on any atom is 0.326 e. The van der Waals surface area contributed by atoms with Crippen LogP contribution in [0.2, 0.25) is 0 Å². The molecule has 0 aliphatic rings. The van der Waals surface area contributed by atoms with E-state index >= 15 is 0 Å². The number of hydrogen-bond donors (Lipinski definition) is 3. The molecule has 2 rings (SSSR count). The predicted molar refractivity (Wildman–Crippen MR) is 90.3 cm³/mol. The van der Waals surface area contributed by atoms with Crippen LogP contribution in [0, 0.1) is 5.92 Å². The Bertz CT molecular complexity index is 797. The predicted octanol–water partition coefficient (Wildman–Crippen LogP) is 1.74. The average Bonchev–Trinajstić information content (AvgIpc) is 2.90. The third kappa shape index (κ3) is 4.34. The van der Waals surface area contributed by atoms with Crippen molar-refractivity contribution < 1.29 is 24.6 Å². The topological polar surface area (TPSA) is 122 Å². The second kappa shape index (κ2) is 7.78. The quantitative estimate of drug-likeness (QED) is 0.669. The van der Waals surface area contributed by atoms with E-state index in [1.807, 2.05) is 0 Å². The number of carboxylic acids is 2. The Kier molecular flexibility index (Phi) is 5.74. The van der Waals surface area contributed by atoms with Gasteiger partial charge in [-0.15, -0.1) is 0 Å². The molecule has 0 aliphatic carbocycles. The van der Waals surface area contributed by atoms with Crippen LogP contribution in [0.4, 0.5) is 0 Å². The second-order valence-electron chi connectivity index (χ2n) is 6.12. The van der Waals surface area contributed by atoms with Crippen LogP contribution in [0.1, 0.15) is 37.2 Å². The molecular weight excluding hydrogens is 326 g/mol. The monoisotopic (exact) mass is 347 g/mol. The summed E-state index contributed by atoms with van der Waals surface area (Å²) in [5, 5.41) is 25.4. The van der Waals surface area contributed by atoms with Crippen LogP contribution in [0.5, 0.6) is 0 Å². The van der Waals surface area contributed by atoms with Gasteiger partial charge in [0.1, 0.15) is 6.04 Å². The molecular formula is C17H21N3O5. The van der Waals surface area contributed by atoms with Crippen molar-refractivity contribution in [2.24, 2.45) is 5.92 Å². The Labute approximate surface area is 144 Å². The molecule has 134 valence electrons. The number of carboxylic acid groups (broad SMARTS) is 2. The molecule has 2 aromatic rings. The molecule has 1 heterocycles. The van der Waals surface area contributed by atoms with Gasteiger partial charge in [-0.1, -0.05) is 32.0 Å². The van der Waals surface area contributed by atoms with Gasteiger partial charge in [0, 0.05) is 18.4 Å². The maximum atomic E-state index is 12.5. The number of fused-ring (bicyclic) bond motifs is 1. The lowest BCUT2D eigenvalue weighted by Crippen LogP contribution is -2.44. The number of hydrogen-bond acceptors (Lipinski definition) is 4. The van der Waals surface area contributed by atoms with E-state index in [2.05, 4.69) is 10.4 Å². The van der Waals surface area contributed by atoms with Gasteiger partial charge in [-0.05, 0) is 18.4 Å². The summed E-state index contributed by atoms with van der Waals surface area (Å²) in [5.74, 6) is -2.83. The number of carbonyl (C=O) groups is 3. The normalized spacial score (nSPS) is 12.3. The first-order valence-corrected chi connectivity index (χ1v) is 8.02. The summed E-state index contributed by atoms with van der Waals surface area (Å²) >= 11 is 0. The summed E-state index contributed by atoms with van der Waals surface area (Å²) in [6.07, 6.45) is 0.385. The van der Waals surface area contributed by atoms with Crippen molar-refractivity contribution in [2.45, 2.75) is 39.3 Å². The first-order chi connectivity index (χ1) is 11.8. The van der Waals surface area contributed by atoms with Crippen molar-refractivity contribution >= 4 is 28.7 Å². The number of aliphatic carboxylic acids is 2. The number of nitrogens with one attached hydrogen (secondary N) is 1. The Morgan fingerprint density at radius 1 is 1.20 bits per heavy atom. The van der Waals surface area contributed by atoms with E-state index in [9.17, 15) is 19.5 Å². The van der Waals surface area contributed by atoms with Gasteiger partial charge >= 0.3 is 11.9 Å². The van der Waals surface area contributed by atoms with E-state index in [1.165, 1.54) is 0 Å². The number of amides is 1. The van der Waals surface area contributed by atoms with Crippen LogP contribution >= 0.6 is 0 Å². The molecule has 8 nitrogen and oxygen atoms in total. The van der Waals surface area contributed by atoms with Crippen molar-refractivity contribution in [3.8, 4) is 0 Å². The van der Waals surface area contributed by atoms with Gasteiger partial charge in [0.25, 0.3) is 5.91 Å². The maximum absolute atomic E-state index is 12.5. The van der Waals surface area contributed by atoms with Crippen LogP contribution in [0.15, 0.2) is 24.3 Å². The van der Waals surface area contributed by atoms with Crippen LogP contribution < -0.4 is 5.32 Å². The molecule has 1 amide bonds. The highest BCUT2D eigenvalue weighted by atomic mass is 16.4. The Morgan fingerprint density at radius 3 is 2.48 bits per heavy atom. The minimum absolute atomic E-state index is 0.00412. The highest BCUT2D eigenvalue weighted by Gasteiger charge is 2.26. The summed E-state index contributed by atoms with van der Waals surface area (Å²) in [6.45, 7) is 3.77. The summed E-state index contributed by atoms with van der Waals surface area (Å²) in [6, 6.07) is 6.07. The third-order valence-electron chi connectivity index (χ3n) is 3.85. The van der Waals surface area contributed by atoms with E-state index in [4.69, 9.17) is 5.11 Å². The Hall–Kier alpha value is -2.90. The van der Waals surface area contributed by atoms with Crippen molar-refractivity contribution in [1.29, 1.82) is 0 Å². The summed E-state index contributed by atoms with van der Waals surface area (Å²) in [7, 11) is 0. The van der Waals surface area contributed by atoms with E-state index in [0.717, 1.165) is 0 Å². The van der Waals surface area contributed by atoms with Crippen LogP contribution in [0.3, 0.4) is 0 Å². The van der Waals surface area contributed by atoms with Crippen molar-refractivity contribution in [2.75, 3.05) is 0 Å². The summed E-state index contributed by atoms with van der Waals surface area (Å²) < 4.78 is 1.58. The second-order valence-corrected chi connectivity index (χ2v) is 6.12. The molecule has 0 bridgehead atoms. The van der Waals surface area contributed by atoms with Crippen LogP contribution in [-0.2, 0) is 16.1 Å². The number of benzene rings is 1. The molecule has 25 heavy (non-hydrogen) atoms. The molecule has 1 aromatic heterocycles. The van der Waals surface area contributed by atoms with Crippen LogP contribution in [0.25, 0.3) is 10.9 Å². The van der Waals surface area contributed by atoms with Crippen molar-refractivity contribution in [1.82, 2.24) is 15.1 Å². The highest BCUT2D eigenvalue weighted by Crippen LogP contribution is 2.19. The molecule has 1 aromatic carbocycles. The van der Waals surface area contributed by atoms with Crippen molar-refractivity contribution in [3.05, 3.63) is 30.0 Å². The van der Waals surface area contributed by atoms with Gasteiger partial charge in [-0.25, -0.2) is 4.79 Å². The summed E-state index contributed by atoms with van der Waals surface area (Å²) in [4.78, 5) is 34.5. The van der Waals surface area contributed by atoms with E-state index < -0.39 is 23.9 Å². The zero-order chi connectivity index (χ0) is 18.6. The smallest absolute Gasteiger partial charge is 0.326 e. The fourth-order valence-electron chi connectivity index (χ4n) is 2.57. The highest BCUT2D eigenvalue weighted by molar-refractivity contribution is 6.05. The molecule has 0 spiro atoms. The van der Waals surface area contributed by atoms with Crippen LogP contribution in [-0.4, -0.2) is 43.9 Å². The summed E-state index contributed by atoms with van der Waals surface area (Å²) in [5.41, 5.74) is 0.840. The fraction of sp³-hybridized carbons (Fsp3) is 0.412. The number of rotatable bonds is 8. The van der Waals surface area contributed by atoms with Gasteiger partial charge in [-0.3, -0.25) is 14.3 Å². The number of para-hydroxylation sites is 1. The van der Waals surface area contributed by atoms with Gasteiger partial charge in [0.15, 0.2) is 5.69 Å². The molecule has 0 saturated carbocycles. The van der Waals surface area contributed by atoms with Crippen molar-refractivity contribution in [3.63, 3.8) is 0 Å². The molecule has 0 fully saturated rings. The molecule has 3 N–H and O–H groups in total. The van der Waals surface area contributed by atoms with Gasteiger partial charge < -0.3 is 15.5 Å². The van der Waals surface area contributed by atoms with E-state index in [0.29, 0.717) is 23.9 Å². The molecule has 1 unspecified atom stereocenters. The molecule has 0 aliphatic heterocycles. The largest absolute Gasteiger partial charge is 0.481 e. The Morgan fingerprint density at radius 2 is 1.88 bits per heavy atom. The lowest BCUT2D eigenvalue weighted by atomic mass is 10.0. The number of carbonyl (C=O) groups excluding carboxylic acids is 1. The first kappa shape index (κ1) is 18.4. The molecule has 0 radical (unpaired) electrons. The van der Waals surface area contributed by atoms with Gasteiger partial charge in [0.2, 0.25) is 0 Å².